The van der Waals surface area contributed by atoms with E-state index in [1.165, 1.54) is 0 Å². The predicted octanol–water partition coefficient (Wildman–Crippen LogP) is 2.96. The van der Waals surface area contributed by atoms with Gasteiger partial charge in [0.25, 0.3) is 0 Å². The Labute approximate surface area is 164 Å². The summed E-state index contributed by atoms with van der Waals surface area (Å²) in [7, 11) is -3.02. The van der Waals surface area contributed by atoms with Crippen LogP contribution >= 0.6 is 0 Å². The SMILES string of the molecule is CCC(CC)CNC1CCS(=O)(=O)C2(CC(CNC(=O)C3=CCCC3)C2)C1. The number of amides is 1. The van der Waals surface area contributed by atoms with Crippen LogP contribution in [0.15, 0.2) is 11.6 Å². The molecule has 1 atom stereocenters. The molecule has 1 heterocycles. The second kappa shape index (κ2) is 8.64. The van der Waals surface area contributed by atoms with Crippen LogP contribution in [0.2, 0.25) is 0 Å². The van der Waals surface area contributed by atoms with Crippen molar-refractivity contribution < 1.29 is 13.2 Å². The van der Waals surface area contributed by atoms with E-state index in [4.69, 9.17) is 0 Å². The number of hydrogen-bond donors (Lipinski definition) is 2. The lowest BCUT2D eigenvalue weighted by Gasteiger charge is -2.51. The highest BCUT2D eigenvalue weighted by atomic mass is 32.2. The molecule has 1 aliphatic heterocycles. The lowest BCUT2D eigenvalue weighted by molar-refractivity contribution is -0.118. The van der Waals surface area contributed by atoms with Crippen molar-refractivity contribution in [2.24, 2.45) is 11.8 Å². The highest BCUT2D eigenvalue weighted by Gasteiger charge is 2.56. The fourth-order valence-electron chi connectivity index (χ4n) is 5.06. The maximum atomic E-state index is 12.8. The number of carbonyl (C=O) groups excluding carboxylic acids is 1. The smallest absolute Gasteiger partial charge is 0.246 e. The molecule has 0 aromatic carbocycles. The van der Waals surface area contributed by atoms with Crippen LogP contribution in [0.1, 0.15) is 71.6 Å². The van der Waals surface area contributed by atoms with E-state index in [0.717, 1.165) is 57.1 Å². The molecular weight excluding hydrogens is 360 g/mol. The predicted molar refractivity (Wildman–Crippen MR) is 109 cm³/mol. The molecule has 2 fully saturated rings. The van der Waals surface area contributed by atoms with Crippen LogP contribution in [-0.4, -0.2) is 44.0 Å². The highest BCUT2D eigenvalue weighted by molar-refractivity contribution is 7.92. The lowest BCUT2D eigenvalue weighted by Crippen LogP contribution is -2.60. The number of hydrogen-bond acceptors (Lipinski definition) is 4. The molecular formula is C21H36N2O3S. The zero-order chi connectivity index (χ0) is 19.5. The number of nitrogens with one attached hydrogen (secondary N) is 2. The number of sulfone groups is 1. The van der Waals surface area contributed by atoms with E-state index in [9.17, 15) is 13.2 Å². The Bertz CT molecular complexity index is 661. The molecule has 1 unspecified atom stereocenters. The molecule has 154 valence electrons. The Morgan fingerprint density at radius 1 is 1.26 bits per heavy atom. The molecule has 1 saturated heterocycles. The van der Waals surface area contributed by atoms with E-state index < -0.39 is 14.6 Å². The van der Waals surface area contributed by atoms with Crippen molar-refractivity contribution >= 4 is 15.7 Å². The van der Waals surface area contributed by atoms with Crippen molar-refractivity contribution in [2.45, 2.75) is 82.4 Å². The summed E-state index contributed by atoms with van der Waals surface area (Å²) in [4.78, 5) is 12.1. The van der Waals surface area contributed by atoms with Crippen molar-refractivity contribution in [3.63, 3.8) is 0 Å². The van der Waals surface area contributed by atoms with Gasteiger partial charge >= 0.3 is 0 Å². The minimum absolute atomic E-state index is 0.0460. The molecule has 3 aliphatic rings. The van der Waals surface area contributed by atoms with Crippen LogP contribution < -0.4 is 10.6 Å². The average Bonchev–Trinajstić information content (AvgIpc) is 3.15. The van der Waals surface area contributed by atoms with Crippen molar-refractivity contribution in [1.82, 2.24) is 10.6 Å². The van der Waals surface area contributed by atoms with E-state index in [1.54, 1.807) is 0 Å². The van der Waals surface area contributed by atoms with Gasteiger partial charge in [0.05, 0.1) is 10.5 Å². The van der Waals surface area contributed by atoms with Gasteiger partial charge in [-0.2, -0.15) is 0 Å². The van der Waals surface area contributed by atoms with E-state index in [1.807, 2.05) is 6.08 Å². The van der Waals surface area contributed by atoms with Crippen molar-refractivity contribution in [3.05, 3.63) is 11.6 Å². The Morgan fingerprint density at radius 3 is 2.63 bits per heavy atom. The molecule has 1 saturated carbocycles. The summed E-state index contributed by atoms with van der Waals surface area (Å²) in [6, 6.07) is 0.313. The zero-order valence-electron chi connectivity index (χ0n) is 16.9. The van der Waals surface area contributed by atoms with Crippen LogP contribution in [0.3, 0.4) is 0 Å². The maximum absolute atomic E-state index is 12.8. The Hall–Kier alpha value is -0.880. The van der Waals surface area contributed by atoms with Gasteiger partial charge in [0.15, 0.2) is 9.84 Å². The van der Waals surface area contributed by atoms with Crippen molar-refractivity contribution in [2.75, 3.05) is 18.8 Å². The summed E-state index contributed by atoms with van der Waals surface area (Å²) in [5.74, 6) is 1.32. The van der Waals surface area contributed by atoms with Crippen LogP contribution in [0, 0.1) is 11.8 Å². The molecule has 1 amide bonds. The minimum Gasteiger partial charge on any atom is -0.352 e. The van der Waals surface area contributed by atoms with Gasteiger partial charge in [-0.1, -0.05) is 32.8 Å². The second-order valence-corrected chi connectivity index (χ2v) is 11.4. The van der Waals surface area contributed by atoms with E-state index in [2.05, 4.69) is 24.5 Å². The normalized spacial score (nSPS) is 32.3. The zero-order valence-corrected chi connectivity index (χ0v) is 17.7. The molecule has 2 N–H and O–H groups in total. The highest BCUT2D eigenvalue weighted by Crippen LogP contribution is 2.49. The Morgan fingerprint density at radius 2 is 2.00 bits per heavy atom. The third-order valence-corrected chi connectivity index (χ3v) is 9.66. The van der Waals surface area contributed by atoms with Crippen LogP contribution in [0.25, 0.3) is 0 Å². The lowest BCUT2D eigenvalue weighted by atomic mass is 9.70. The van der Waals surface area contributed by atoms with Crippen LogP contribution in [0.5, 0.6) is 0 Å². The van der Waals surface area contributed by atoms with Gasteiger partial charge < -0.3 is 10.6 Å². The Kier molecular flexibility index (Phi) is 6.67. The van der Waals surface area contributed by atoms with Gasteiger partial charge in [-0.25, -0.2) is 8.42 Å². The van der Waals surface area contributed by atoms with Gasteiger partial charge in [-0.05, 0) is 63.3 Å². The van der Waals surface area contributed by atoms with Crippen LogP contribution in [0.4, 0.5) is 0 Å². The molecule has 3 rings (SSSR count). The minimum atomic E-state index is -3.02. The molecule has 6 heteroatoms. The summed E-state index contributed by atoms with van der Waals surface area (Å²) < 4.78 is 25.0. The molecule has 5 nitrogen and oxygen atoms in total. The van der Waals surface area contributed by atoms with Gasteiger partial charge in [0.2, 0.25) is 5.91 Å². The van der Waals surface area contributed by atoms with Gasteiger partial charge in [0, 0.05) is 18.2 Å². The first-order chi connectivity index (χ1) is 12.9. The number of carbonyl (C=O) groups is 1. The van der Waals surface area contributed by atoms with E-state index in [0.29, 0.717) is 43.0 Å². The summed E-state index contributed by atoms with van der Waals surface area (Å²) in [6.07, 6.45) is 10.2. The standard InChI is InChI=1S/C21H36N2O3S/c1-3-16(4-2)14-22-19-9-10-27(25,26)21(13-19)11-17(12-21)15-23-20(24)18-7-5-6-8-18/h7,16-17,19,22H,3-6,8-15H2,1-2H3,(H,23,24). The monoisotopic (exact) mass is 396 g/mol. The third-order valence-electron chi connectivity index (χ3n) is 7.07. The first-order valence-electron chi connectivity index (χ1n) is 10.8. The average molecular weight is 397 g/mol. The summed E-state index contributed by atoms with van der Waals surface area (Å²) >= 11 is 0. The fraction of sp³-hybridized carbons (Fsp3) is 0.857. The first-order valence-corrected chi connectivity index (χ1v) is 12.5. The largest absolute Gasteiger partial charge is 0.352 e. The molecule has 0 aromatic heterocycles. The number of rotatable bonds is 8. The molecule has 0 bridgehead atoms. The van der Waals surface area contributed by atoms with E-state index >= 15 is 0 Å². The molecule has 27 heavy (non-hydrogen) atoms. The molecule has 0 aromatic rings. The molecule has 2 aliphatic carbocycles. The van der Waals surface area contributed by atoms with Crippen LogP contribution in [-0.2, 0) is 14.6 Å². The first kappa shape index (κ1) is 20.8. The van der Waals surface area contributed by atoms with E-state index in [-0.39, 0.29) is 5.91 Å². The molecule has 1 spiro atoms. The van der Waals surface area contributed by atoms with Gasteiger partial charge in [-0.3, -0.25) is 4.79 Å². The molecule has 0 radical (unpaired) electrons. The fourth-order valence-corrected chi connectivity index (χ4v) is 7.52. The van der Waals surface area contributed by atoms with Crippen molar-refractivity contribution in [1.29, 1.82) is 0 Å². The second-order valence-electron chi connectivity index (χ2n) is 8.89. The van der Waals surface area contributed by atoms with Gasteiger partial charge in [0.1, 0.15) is 0 Å². The topological polar surface area (TPSA) is 75.3 Å². The number of allylic oxidation sites excluding steroid dienone is 1. The summed E-state index contributed by atoms with van der Waals surface area (Å²) in [5.41, 5.74) is 0.903. The summed E-state index contributed by atoms with van der Waals surface area (Å²) in [6.45, 7) is 6.03. The van der Waals surface area contributed by atoms with Crippen molar-refractivity contribution in [3.8, 4) is 0 Å². The third kappa shape index (κ3) is 4.58. The summed E-state index contributed by atoms with van der Waals surface area (Å²) in [5, 5.41) is 6.67. The quantitative estimate of drug-likeness (QED) is 0.661. The Balaban J connectivity index is 1.49. The van der Waals surface area contributed by atoms with Gasteiger partial charge in [-0.15, -0.1) is 0 Å². The maximum Gasteiger partial charge on any atom is 0.246 e.